The Bertz CT molecular complexity index is 1160. The van der Waals surface area contributed by atoms with Crippen molar-refractivity contribution in [3.8, 4) is 0 Å². The summed E-state index contributed by atoms with van der Waals surface area (Å²) in [5.74, 6) is -0.0388. The molecule has 458 valence electrons. The molecule has 0 spiro atoms. The molecular weight excluding hydrogens is 947 g/mol. The number of hydrogen-bond donors (Lipinski definition) is 3. The fourth-order valence-electron chi connectivity index (χ4n) is 11.4. The van der Waals surface area contributed by atoms with Crippen molar-refractivity contribution < 1.29 is 24.5 Å². The number of unbranched alkanes of at least 4 members (excludes halogenated alkanes) is 56. The summed E-state index contributed by atoms with van der Waals surface area (Å²) in [6.45, 7) is 4.95. The highest BCUT2D eigenvalue weighted by atomic mass is 16.5. The minimum atomic E-state index is -0.842. The quantitative estimate of drug-likeness (QED) is 0.0320. The molecule has 77 heavy (non-hydrogen) atoms. The standard InChI is InChI=1S/C71H139NO5/c1-3-5-7-9-11-13-15-17-19-32-36-39-43-47-51-55-59-63-69(74)68(67-73)72-70(75)64-60-56-52-48-44-40-37-33-30-28-26-24-22-20-21-23-25-27-29-31-34-38-42-46-50-54-58-62-66-77-71(76)65-61-57-53-49-45-41-35-18-16-14-12-10-8-6-4-2/h59,63,68-69,73-74H,3-58,60-62,64-67H2,1-2H3,(H,72,75)/b63-59+. The number of nitrogens with one attached hydrogen (secondary N) is 1. The van der Waals surface area contributed by atoms with Crippen LogP contribution in [0.1, 0.15) is 406 Å². The Morgan fingerprint density at radius 3 is 0.883 bits per heavy atom. The first-order chi connectivity index (χ1) is 38.0. The Morgan fingerprint density at radius 1 is 0.351 bits per heavy atom. The van der Waals surface area contributed by atoms with Crippen LogP contribution in [0.3, 0.4) is 0 Å². The van der Waals surface area contributed by atoms with Gasteiger partial charge in [-0.2, -0.15) is 0 Å². The van der Waals surface area contributed by atoms with Gasteiger partial charge in [-0.25, -0.2) is 0 Å². The molecule has 0 aliphatic heterocycles. The molecular formula is C71H139NO5. The number of carbonyl (C=O) groups is 2. The lowest BCUT2D eigenvalue weighted by Gasteiger charge is -2.20. The summed E-state index contributed by atoms with van der Waals surface area (Å²) in [5, 5.41) is 23.2. The summed E-state index contributed by atoms with van der Waals surface area (Å²) in [4.78, 5) is 24.6. The molecule has 0 radical (unpaired) electrons. The molecule has 0 saturated heterocycles. The van der Waals surface area contributed by atoms with Crippen LogP contribution in [0.4, 0.5) is 0 Å². The largest absolute Gasteiger partial charge is 0.466 e. The van der Waals surface area contributed by atoms with Crippen LogP contribution in [0, 0.1) is 0 Å². The second-order valence-corrected chi connectivity index (χ2v) is 24.6. The summed E-state index contributed by atoms with van der Waals surface area (Å²) in [5.41, 5.74) is 0. The van der Waals surface area contributed by atoms with E-state index < -0.39 is 12.1 Å². The fourth-order valence-corrected chi connectivity index (χ4v) is 11.4. The molecule has 0 aliphatic carbocycles. The van der Waals surface area contributed by atoms with E-state index in [9.17, 15) is 19.8 Å². The predicted octanol–water partition coefficient (Wildman–Crippen LogP) is 22.8. The minimum absolute atomic E-state index is 0.0223. The number of aliphatic hydroxyl groups excluding tert-OH is 2. The van der Waals surface area contributed by atoms with Crippen molar-refractivity contribution >= 4 is 11.9 Å². The number of rotatable bonds is 67. The van der Waals surface area contributed by atoms with Crippen LogP contribution in [-0.2, 0) is 14.3 Å². The average Bonchev–Trinajstić information content (AvgIpc) is 3.43. The van der Waals surface area contributed by atoms with Gasteiger partial charge in [0.1, 0.15) is 0 Å². The number of aliphatic hydroxyl groups is 2. The van der Waals surface area contributed by atoms with Gasteiger partial charge < -0.3 is 20.3 Å². The van der Waals surface area contributed by atoms with E-state index in [1.807, 2.05) is 6.08 Å². The van der Waals surface area contributed by atoms with Crippen LogP contribution in [-0.4, -0.2) is 47.4 Å². The third-order valence-electron chi connectivity index (χ3n) is 16.8. The maximum absolute atomic E-state index is 12.5. The van der Waals surface area contributed by atoms with Gasteiger partial charge >= 0.3 is 5.97 Å². The van der Waals surface area contributed by atoms with Gasteiger partial charge in [0, 0.05) is 12.8 Å². The Kier molecular flexibility index (Phi) is 65.9. The zero-order valence-electron chi connectivity index (χ0n) is 52.5. The molecule has 3 N–H and O–H groups in total. The fraction of sp³-hybridized carbons (Fsp3) is 0.944. The summed E-state index contributed by atoms with van der Waals surface area (Å²) in [7, 11) is 0. The highest BCUT2D eigenvalue weighted by molar-refractivity contribution is 5.76. The Morgan fingerprint density at radius 2 is 0.597 bits per heavy atom. The van der Waals surface area contributed by atoms with E-state index >= 15 is 0 Å². The molecule has 0 aromatic heterocycles. The molecule has 0 aromatic carbocycles. The van der Waals surface area contributed by atoms with E-state index in [-0.39, 0.29) is 18.5 Å². The maximum Gasteiger partial charge on any atom is 0.305 e. The maximum atomic E-state index is 12.5. The van der Waals surface area contributed by atoms with E-state index in [4.69, 9.17) is 4.74 Å². The van der Waals surface area contributed by atoms with Crippen molar-refractivity contribution in [2.24, 2.45) is 0 Å². The molecule has 2 unspecified atom stereocenters. The molecule has 0 rings (SSSR count). The van der Waals surface area contributed by atoms with Crippen LogP contribution >= 0.6 is 0 Å². The van der Waals surface area contributed by atoms with Crippen LogP contribution in [0.2, 0.25) is 0 Å². The number of carbonyl (C=O) groups excluding carboxylic acids is 2. The number of amides is 1. The van der Waals surface area contributed by atoms with Crippen molar-refractivity contribution in [3.63, 3.8) is 0 Å². The first kappa shape index (κ1) is 75.6. The SMILES string of the molecule is CCCCCCCCCCCCCCCCC/C=C/C(O)C(CO)NC(=O)CCCCCCCCCCCCCCCCCCCCCCCCCCCCCCOC(=O)CCCCCCCCCCCCCCCCC. The third-order valence-corrected chi connectivity index (χ3v) is 16.8. The van der Waals surface area contributed by atoms with Crippen molar-refractivity contribution in [2.75, 3.05) is 13.2 Å². The second-order valence-electron chi connectivity index (χ2n) is 24.6. The molecule has 6 nitrogen and oxygen atoms in total. The highest BCUT2D eigenvalue weighted by Gasteiger charge is 2.18. The monoisotopic (exact) mass is 1090 g/mol. The van der Waals surface area contributed by atoms with Gasteiger partial charge in [0.2, 0.25) is 5.91 Å². The number of allylic oxidation sites excluding steroid dienone is 1. The first-order valence-electron chi connectivity index (χ1n) is 35.5. The van der Waals surface area contributed by atoms with Gasteiger partial charge in [-0.15, -0.1) is 0 Å². The van der Waals surface area contributed by atoms with Gasteiger partial charge in [0.15, 0.2) is 0 Å². The second kappa shape index (κ2) is 67.1. The first-order valence-corrected chi connectivity index (χ1v) is 35.5. The zero-order chi connectivity index (χ0) is 55.7. The Labute approximate surface area is 482 Å². The van der Waals surface area contributed by atoms with Gasteiger partial charge in [-0.1, -0.05) is 373 Å². The smallest absolute Gasteiger partial charge is 0.305 e. The van der Waals surface area contributed by atoms with E-state index in [1.165, 1.54) is 340 Å². The van der Waals surface area contributed by atoms with E-state index in [0.717, 1.165) is 38.5 Å². The molecule has 0 saturated carbocycles. The van der Waals surface area contributed by atoms with E-state index in [1.54, 1.807) is 6.08 Å². The molecule has 2 atom stereocenters. The Balaban J connectivity index is 3.35. The molecule has 0 aliphatic rings. The number of ether oxygens (including phenoxy) is 1. The molecule has 0 heterocycles. The van der Waals surface area contributed by atoms with Gasteiger partial charge in [-0.3, -0.25) is 9.59 Å². The molecule has 6 heteroatoms. The van der Waals surface area contributed by atoms with Gasteiger partial charge in [0.05, 0.1) is 25.4 Å². The molecule has 0 fully saturated rings. The van der Waals surface area contributed by atoms with Crippen LogP contribution < -0.4 is 5.32 Å². The predicted molar refractivity (Wildman–Crippen MR) is 338 cm³/mol. The van der Waals surface area contributed by atoms with Crippen molar-refractivity contribution in [3.05, 3.63) is 12.2 Å². The van der Waals surface area contributed by atoms with Gasteiger partial charge in [0.25, 0.3) is 0 Å². The van der Waals surface area contributed by atoms with Crippen molar-refractivity contribution in [2.45, 2.75) is 418 Å². The molecule has 1 amide bonds. The van der Waals surface area contributed by atoms with Crippen LogP contribution in [0.15, 0.2) is 12.2 Å². The lowest BCUT2D eigenvalue weighted by atomic mass is 10.0. The average molecular weight is 1090 g/mol. The van der Waals surface area contributed by atoms with Crippen molar-refractivity contribution in [1.29, 1.82) is 0 Å². The lowest BCUT2D eigenvalue weighted by molar-refractivity contribution is -0.143. The number of hydrogen-bond acceptors (Lipinski definition) is 5. The normalized spacial score (nSPS) is 12.5. The minimum Gasteiger partial charge on any atom is -0.466 e. The Hall–Kier alpha value is -1.40. The lowest BCUT2D eigenvalue weighted by Crippen LogP contribution is -2.45. The number of esters is 1. The van der Waals surface area contributed by atoms with Crippen LogP contribution in [0.5, 0.6) is 0 Å². The highest BCUT2D eigenvalue weighted by Crippen LogP contribution is 2.19. The summed E-state index contributed by atoms with van der Waals surface area (Å²) < 4.78 is 5.50. The molecule has 0 bridgehead atoms. The summed E-state index contributed by atoms with van der Waals surface area (Å²) in [6.07, 6.45) is 82.9. The van der Waals surface area contributed by atoms with Crippen LogP contribution in [0.25, 0.3) is 0 Å². The van der Waals surface area contributed by atoms with Crippen molar-refractivity contribution in [1.82, 2.24) is 5.32 Å². The van der Waals surface area contributed by atoms with E-state index in [2.05, 4.69) is 19.2 Å². The topological polar surface area (TPSA) is 95.9 Å². The summed E-state index contributed by atoms with van der Waals surface area (Å²) >= 11 is 0. The molecule has 0 aromatic rings. The summed E-state index contributed by atoms with van der Waals surface area (Å²) in [6, 6.07) is -0.625. The zero-order valence-corrected chi connectivity index (χ0v) is 52.5. The van der Waals surface area contributed by atoms with Gasteiger partial charge in [-0.05, 0) is 32.1 Å². The third kappa shape index (κ3) is 63.6. The van der Waals surface area contributed by atoms with E-state index in [0.29, 0.717) is 19.4 Å².